The molecule has 0 amide bonds. The molecule has 0 aromatic carbocycles. The Labute approximate surface area is 167 Å². The fraction of sp³-hybridized carbons (Fsp3) is 0.900. The second-order valence-electron chi connectivity index (χ2n) is 7.32. The number of rotatable bonds is 5. The molecule has 2 aliphatic carbocycles. The lowest BCUT2D eigenvalue weighted by Crippen LogP contribution is -2.57. The first-order chi connectivity index (χ1) is 13.1. The smallest absolute Gasteiger partial charge is 0.166 e. The van der Waals surface area contributed by atoms with Crippen molar-refractivity contribution in [3.63, 3.8) is 0 Å². The highest BCUT2D eigenvalue weighted by Gasteiger charge is 2.48. The normalized spacial score (nSPS) is 41.9. The number of halogens is 1. The summed E-state index contributed by atoms with van der Waals surface area (Å²) in [6.45, 7) is 4.98. The van der Waals surface area contributed by atoms with E-state index >= 15 is 0 Å². The largest absolute Gasteiger partial charge is 0.381 e. The van der Waals surface area contributed by atoms with E-state index in [0.29, 0.717) is 12.8 Å². The van der Waals surface area contributed by atoms with Gasteiger partial charge in [-0.15, -0.1) is 11.6 Å². The van der Waals surface area contributed by atoms with Gasteiger partial charge >= 0.3 is 0 Å². The summed E-state index contributed by atoms with van der Waals surface area (Å²) in [7, 11) is 3.17. The molecule has 6 nitrogen and oxygen atoms in total. The van der Waals surface area contributed by atoms with E-state index in [4.69, 9.17) is 25.8 Å². The van der Waals surface area contributed by atoms with Crippen molar-refractivity contribution in [2.75, 3.05) is 20.8 Å². The number of fused-ring (bicyclic) bond motifs is 1. The molecule has 8 unspecified atom stereocenters. The number of ether oxygens (including phenoxy) is 3. The third-order valence-electron chi connectivity index (χ3n) is 6.03. The van der Waals surface area contributed by atoms with Crippen LogP contribution >= 0.6 is 11.6 Å². The fourth-order valence-corrected chi connectivity index (χ4v) is 5.03. The first kappa shape index (κ1) is 22.8. The summed E-state index contributed by atoms with van der Waals surface area (Å²) in [4.78, 5) is 24.6. The lowest BCUT2D eigenvalue weighted by molar-refractivity contribution is -0.165. The van der Waals surface area contributed by atoms with E-state index in [9.17, 15) is 9.59 Å². The van der Waals surface area contributed by atoms with Crippen molar-refractivity contribution in [3.8, 4) is 0 Å². The van der Waals surface area contributed by atoms with Crippen molar-refractivity contribution in [1.82, 2.24) is 5.32 Å². The summed E-state index contributed by atoms with van der Waals surface area (Å²) >= 11 is 6.56. The van der Waals surface area contributed by atoms with Gasteiger partial charge in [-0.1, -0.05) is 13.8 Å². The summed E-state index contributed by atoms with van der Waals surface area (Å²) in [6, 6.07) is 0.263. The van der Waals surface area contributed by atoms with E-state index in [1.54, 1.807) is 14.2 Å². The van der Waals surface area contributed by atoms with Crippen LogP contribution in [0.4, 0.5) is 0 Å². The molecule has 7 heteroatoms. The Balaban J connectivity index is 0.00000126. The van der Waals surface area contributed by atoms with E-state index in [0.717, 1.165) is 32.1 Å². The van der Waals surface area contributed by atoms with E-state index in [-0.39, 0.29) is 30.0 Å². The zero-order chi connectivity index (χ0) is 20.0. The molecule has 27 heavy (non-hydrogen) atoms. The molecule has 8 atom stereocenters. The number of nitrogens with one attached hydrogen (secondary N) is 1. The number of carbonyl (C=O) groups excluding carboxylic acids is 2. The summed E-state index contributed by atoms with van der Waals surface area (Å²) < 4.78 is 17.1. The zero-order valence-electron chi connectivity index (χ0n) is 16.9. The Morgan fingerprint density at radius 3 is 2.44 bits per heavy atom. The zero-order valence-corrected chi connectivity index (χ0v) is 17.6. The molecule has 0 bridgehead atoms. The Bertz CT molecular complexity index is 491. The predicted molar refractivity (Wildman–Crippen MR) is 104 cm³/mol. The van der Waals surface area contributed by atoms with Gasteiger partial charge in [0, 0.05) is 32.6 Å². The highest BCUT2D eigenvalue weighted by Crippen LogP contribution is 2.37. The van der Waals surface area contributed by atoms with Crippen LogP contribution in [0.5, 0.6) is 0 Å². The van der Waals surface area contributed by atoms with Crippen LogP contribution in [-0.4, -0.2) is 68.7 Å². The maximum Gasteiger partial charge on any atom is 0.166 e. The van der Waals surface area contributed by atoms with Crippen LogP contribution in [0.2, 0.25) is 0 Å². The molecule has 1 N–H and O–H groups in total. The third-order valence-corrected chi connectivity index (χ3v) is 6.56. The molecule has 1 heterocycles. The van der Waals surface area contributed by atoms with Crippen molar-refractivity contribution in [1.29, 1.82) is 0 Å². The molecule has 2 saturated carbocycles. The summed E-state index contributed by atoms with van der Waals surface area (Å²) in [5, 5.41) is 2.95. The first-order valence-corrected chi connectivity index (χ1v) is 10.6. The minimum atomic E-state index is -0.579. The lowest BCUT2D eigenvalue weighted by atomic mass is 9.76. The molecule has 1 saturated heterocycles. The van der Waals surface area contributed by atoms with Gasteiger partial charge in [0.1, 0.15) is 12.4 Å². The van der Waals surface area contributed by atoms with Crippen molar-refractivity contribution in [2.24, 2.45) is 11.8 Å². The average molecular weight is 404 g/mol. The van der Waals surface area contributed by atoms with Gasteiger partial charge in [-0.25, -0.2) is 0 Å². The topological polar surface area (TPSA) is 73.9 Å². The molecule has 3 aliphatic rings. The number of methoxy groups -OCH3 is 2. The van der Waals surface area contributed by atoms with Crippen LogP contribution < -0.4 is 5.32 Å². The maximum atomic E-state index is 12.9. The molecule has 0 aromatic heterocycles. The van der Waals surface area contributed by atoms with E-state index < -0.39 is 23.5 Å². The number of ketones is 1. The van der Waals surface area contributed by atoms with Gasteiger partial charge in [-0.2, -0.15) is 0 Å². The minimum Gasteiger partial charge on any atom is -0.381 e. The second kappa shape index (κ2) is 10.9. The molecule has 0 radical (unpaired) electrons. The van der Waals surface area contributed by atoms with Crippen LogP contribution in [0.3, 0.4) is 0 Å². The number of piperidine rings is 1. The van der Waals surface area contributed by atoms with Crippen LogP contribution in [0, 0.1) is 11.8 Å². The van der Waals surface area contributed by atoms with E-state index in [1.807, 2.05) is 13.8 Å². The number of hydrogen-bond donors (Lipinski definition) is 1. The summed E-state index contributed by atoms with van der Waals surface area (Å²) in [6.07, 6.45) is 3.21. The monoisotopic (exact) mass is 403 g/mol. The molecule has 156 valence electrons. The van der Waals surface area contributed by atoms with Gasteiger partial charge in [-0.05, 0) is 32.2 Å². The van der Waals surface area contributed by atoms with Crippen molar-refractivity contribution in [2.45, 2.75) is 81.8 Å². The van der Waals surface area contributed by atoms with Gasteiger partial charge in [0.25, 0.3) is 0 Å². The Hall–Kier alpha value is -0.530. The predicted octanol–water partition coefficient (Wildman–Crippen LogP) is 2.35. The van der Waals surface area contributed by atoms with Crippen LogP contribution in [0.1, 0.15) is 46.0 Å². The number of hydrogen-bond acceptors (Lipinski definition) is 6. The van der Waals surface area contributed by atoms with Gasteiger partial charge in [-0.3, -0.25) is 4.79 Å². The highest BCUT2D eigenvalue weighted by molar-refractivity contribution is 6.21. The number of carbonyl (C=O) groups is 2. The molecule has 0 spiro atoms. The maximum absolute atomic E-state index is 12.9. The van der Waals surface area contributed by atoms with Crippen molar-refractivity contribution in [3.05, 3.63) is 0 Å². The average Bonchev–Trinajstić information content (AvgIpc) is 2.72. The molecule has 0 aromatic rings. The first-order valence-electron chi connectivity index (χ1n) is 10.2. The Morgan fingerprint density at radius 1 is 1.11 bits per heavy atom. The Kier molecular flexibility index (Phi) is 9.16. The van der Waals surface area contributed by atoms with Gasteiger partial charge in [0.05, 0.1) is 29.6 Å². The third kappa shape index (κ3) is 4.91. The van der Waals surface area contributed by atoms with E-state index in [1.165, 1.54) is 0 Å². The summed E-state index contributed by atoms with van der Waals surface area (Å²) in [5.74, 6) is -0.338. The molecular formula is C20H34ClNO5. The quantitative estimate of drug-likeness (QED) is 0.561. The van der Waals surface area contributed by atoms with Gasteiger partial charge in [0.2, 0.25) is 0 Å². The van der Waals surface area contributed by atoms with Gasteiger partial charge in [0.15, 0.2) is 5.78 Å². The summed E-state index contributed by atoms with van der Waals surface area (Å²) in [5.41, 5.74) is 0. The van der Waals surface area contributed by atoms with E-state index in [2.05, 4.69) is 5.32 Å². The van der Waals surface area contributed by atoms with Gasteiger partial charge < -0.3 is 24.3 Å². The standard InChI is InChI=1S/C18H28ClNO5.C2H6/c1-23-14-8-15(24-2)16(19)18(11(14)9-21)25-13-6-5-12-10(17(13)22)4-3-7-20-12;1-2/h9-16,18,20H,3-8H2,1-2H3;1-2H3. The molecule has 1 aliphatic heterocycles. The Morgan fingerprint density at radius 2 is 1.81 bits per heavy atom. The van der Waals surface area contributed by atoms with Crippen molar-refractivity contribution >= 4 is 23.7 Å². The SMILES string of the molecule is CC.COC1CC(OC)C(C=O)C(OC2CCC3NCCCC3C2=O)C1Cl. The fourth-order valence-electron chi connectivity index (χ4n) is 4.60. The molecule has 3 fully saturated rings. The van der Waals surface area contributed by atoms with Crippen LogP contribution in [-0.2, 0) is 23.8 Å². The van der Waals surface area contributed by atoms with Crippen LogP contribution in [0.15, 0.2) is 0 Å². The number of aldehydes is 1. The number of alkyl halides is 1. The molecular weight excluding hydrogens is 370 g/mol. The van der Waals surface area contributed by atoms with Crippen LogP contribution in [0.25, 0.3) is 0 Å². The minimum absolute atomic E-state index is 0.0102. The lowest BCUT2D eigenvalue weighted by Gasteiger charge is -2.44. The number of Topliss-reactive ketones (excluding diaryl/α,β-unsaturated/α-hetero) is 1. The highest BCUT2D eigenvalue weighted by atomic mass is 35.5. The molecule has 3 rings (SSSR count). The second-order valence-corrected chi connectivity index (χ2v) is 7.82. The van der Waals surface area contributed by atoms with Crippen molar-refractivity contribution < 1.29 is 23.8 Å².